The molecule has 3 nitrogen and oxygen atoms in total. The highest BCUT2D eigenvalue weighted by Gasteiger charge is 2.00. The number of unbranched alkanes of at least 4 members (excludes halogenated alkanes) is 3. The van der Waals surface area contributed by atoms with E-state index in [0.717, 1.165) is 6.42 Å². The summed E-state index contributed by atoms with van der Waals surface area (Å²) in [6, 6.07) is 0. The summed E-state index contributed by atoms with van der Waals surface area (Å²) in [6.45, 7) is 8.89. The summed E-state index contributed by atoms with van der Waals surface area (Å²) < 4.78 is 5.12. The summed E-state index contributed by atoms with van der Waals surface area (Å²) in [6.07, 6.45) is 3.99. The maximum atomic E-state index is 8.89. The minimum Gasteiger partial charge on any atom is -0.394 e. The number of aliphatic hydroxyl groups is 2. The summed E-state index contributed by atoms with van der Waals surface area (Å²) in [4.78, 5) is 0. The van der Waals surface area contributed by atoms with Crippen molar-refractivity contribution in [2.24, 2.45) is 0 Å². The minimum atomic E-state index is -0.712. The van der Waals surface area contributed by atoms with Crippen molar-refractivity contribution in [2.75, 3.05) is 19.8 Å². The van der Waals surface area contributed by atoms with Crippen molar-refractivity contribution in [1.29, 1.82) is 0 Å². The van der Waals surface area contributed by atoms with E-state index in [1.165, 1.54) is 19.3 Å². The van der Waals surface area contributed by atoms with Crippen LogP contribution in [0.4, 0.5) is 0 Å². The SMILES string of the molecule is C=C.CCCCCCOCC(O)CO. The van der Waals surface area contributed by atoms with Crippen LogP contribution in [0, 0.1) is 0 Å². The van der Waals surface area contributed by atoms with Crippen LogP contribution in [0.2, 0.25) is 0 Å². The Balaban J connectivity index is 0. The van der Waals surface area contributed by atoms with Crippen molar-refractivity contribution in [2.45, 2.75) is 38.7 Å². The molecule has 0 aromatic carbocycles. The Labute approximate surface area is 87.4 Å². The van der Waals surface area contributed by atoms with Crippen LogP contribution in [0.25, 0.3) is 0 Å². The molecule has 0 amide bonds. The predicted molar refractivity (Wildman–Crippen MR) is 59.3 cm³/mol. The summed E-state index contributed by atoms with van der Waals surface area (Å²) in [5, 5.41) is 17.3. The zero-order valence-electron chi connectivity index (χ0n) is 9.24. The highest BCUT2D eigenvalue weighted by Crippen LogP contribution is 1.98. The van der Waals surface area contributed by atoms with E-state index < -0.39 is 6.10 Å². The fraction of sp³-hybridized carbons (Fsp3) is 0.818. The van der Waals surface area contributed by atoms with Gasteiger partial charge in [-0.3, -0.25) is 0 Å². The number of hydrogen-bond acceptors (Lipinski definition) is 3. The molecule has 0 aliphatic heterocycles. The maximum Gasteiger partial charge on any atom is 0.100 e. The molecule has 14 heavy (non-hydrogen) atoms. The van der Waals surface area contributed by atoms with E-state index >= 15 is 0 Å². The third kappa shape index (κ3) is 14.2. The van der Waals surface area contributed by atoms with Gasteiger partial charge in [0.1, 0.15) is 6.10 Å². The van der Waals surface area contributed by atoms with Crippen molar-refractivity contribution in [3.05, 3.63) is 13.2 Å². The molecule has 0 heterocycles. The van der Waals surface area contributed by atoms with Gasteiger partial charge in [0.05, 0.1) is 13.2 Å². The predicted octanol–water partition coefficient (Wildman–Crippen LogP) is 1.74. The average Bonchev–Trinajstić information content (AvgIpc) is 2.25. The van der Waals surface area contributed by atoms with Crippen molar-refractivity contribution < 1.29 is 14.9 Å². The van der Waals surface area contributed by atoms with E-state index in [4.69, 9.17) is 14.9 Å². The first-order valence-electron chi connectivity index (χ1n) is 5.18. The lowest BCUT2D eigenvalue weighted by atomic mass is 10.2. The molecule has 0 rings (SSSR count). The topological polar surface area (TPSA) is 49.7 Å². The fourth-order valence-electron chi connectivity index (χ4n) is 0.903. The second-order valence-corrected chi connectivity index (χ2v) is 2.97. The van der Waals surface area contributed by atoms with Crippen LogP contribution >= 0.6 is 0 Å². The molecule has 3 heteroatoms. The van der Waals surface area contributed by atoms with Gasteiger partial charge in [-0.05, 0) is 6.42 Å². The van der Waals surface area contributed by atoms with Crippen LogP contribution < -0.4 is 0 Å². The second-order valence-electron chi connectivity index (χ2n) is 2.97. The monoisotopic (exact) mass is 204 g/mol. The molecule has 0 saturated carbocycles. The molecule has 0 saturated heterocycles. The Morgan fingerprint density at radius 2 is 1.86 bits per heavy atom. The van der Waals surface area contributed by atoms with Gasteiger partial charge in [0.2, 0.25) is 0 Å². The zero-order valence-corrected chi connectivity index (χ0v) is 9.24. The van der Waals surface area contributed by atoms with Crippen molar-refractivity contribution in [1.82, 2.24) is 0 Å². The molecular weight excluding hydrogens is 180 g/mol. The number of ether oxygens (including phenoxy) is 1. The van der Waals surface area contributed by atoms with Crippen LogP contribution in [0.5, 0.6) is 0 Å². The number of hydrogen-bond donors (Lipinski definition) is 2. The summed E-state index contributed by atoms with van der Waals surface area (Å²) in [5.41, 5.74) is 0. The highest BCUT2D eigenvalue weighted by atomic mass is 16.5. The Kier molecular flexibility index (Phi) is 17.3. The smallest absolute Gasteiger partial charge is 0.100 e. The molecule has 0 aromatic heterocycles. The maximum absolute atomic E-state index is 8.89. The molecule has 0 fully saturated rings. The third-order valence-corrected chi connectivity index (χ3v) is 1.66. The quantitative estimate of drug-likeness (QED) is 0.468. The Morgan fingerprint density at radius 3 is 2.36 bits per heavy atom. The van der Waals surface area contributed by atoms with Gasteiger partial charge in [-0.25, -0.2) is 0 Å². The first-order chi connectivity index (χ1) is 6.81. The normalized spacial score (nSPS) is 11.6. The molecule has 0 aliphatic carbocycles. The van der Waals surface area contributed by atoms with E-state index in [1.54, 1.807) is 0 Å². The highest BCUT2D eigenvalue weighted by molar-refractivity contribution is 4.48. The van der Waals surface area contributed by atoms with Crippen LogP contribution in [-0.2, 0) is 4.74 Å². The molecular formula is C11H24O3. The Morgan fingerprint density at radius 1 is 1.21 bits per heavy atom. The summed E-state index contributed by atoms with van der Waals surface area (Å²) >= 11 is 0. The van der Waals surface area contributed by atoms with Gasteiger partial charge in [0.25, 0.3) is 0 Å². The van der Waals surface area contributed by atoms with Crippen LogP contribution in [-0.4, -0.2) is 36.1 Å². The Bertz CT molecular complexity index is 96.5. The average molecular weight is 204 g/mol. The Hall–Kier alpha value is -0.380. The van der Waals surface area contributed by atoms with Gasteiger partial charge in [0.15, 0.2) is 0 Å². The van der Waals surface area contributed by atoms with Gasteiger partial charge in [-0.1, -0.05) is 26.2 Å². The summed E-state index contributed by atoms with van der Waals surface area (Å²) in [7, 11) is 0. The molecule has 0 bridgehead atoms. The first-order valence-corrected chi connectivity index (χ1v) is 5.18. The molecule has 0 aromatic rings. The summed E-state index contributed by atoms with van der Waals surface area (Å²) in [5.74, 6) is 0. The molecule has 86 valence electrons. The van der Waals surface area contributed by atoms with Crippen molar-refractivity contribution in [3.8, 4) is 0 Å². The molecule has 2 N–H and O–H groups in total. The van der Waals surface area contributed by atoms with Crippen molar-refractivity contribution in [3.63, 3.8) is 0 Å². The lowest BCUT2D eigenvalue weighted by Crippen LogP contribution is -2.19. The lowest BCUT2D eigenvalue weighted by Gasteiger charge is -2.07. The van der Waals surface area contributed by atoms with Gasteiger partial charge in [-0.2, -0.15) is 0 Å². The van der Waals surface area contributed by atoms with Crippen LogP contribution in [0.1, 0.15) is 32.6 Å². The first kappa shape index (κ1) is 16.1. The molecule has 0 aliphatic rings. The van der Waals surface area contributed by atoms with E-state index in [2.05, 4.69) is 20.1 Å². The standard InChI is InChI=1S/C9H20O3.C2H4/c1-2-3-4-5-6-12-8-9(11)7-10;1-2/h9-11H,2-8H2,1H3;1-2H2. The van der Waals surface area contributed by atoms with E-state index in [-0.39, 0.29) is 13.2 Å². The van der Waals surface area contributed by atoms with Crippen molar-refractivity contribution >= 4 is 0 Å². The molecule has 0 spiro atoms. The van der Waals surface area contributed by atoms with Gasteiger partial charge in [0, 0.05) is 6.61 Å². The molecule has 1 atom stereocenters. The number of rotatable bonds is 8. The fourth-order valence-corrected chi connectivity index (χ4v) is 0.903. The molecule has 0 radical (unpaired) electrons. The minimum absolute atomic E-state index is 0.213. The van der Waals surface area contributed by atoms with Crippen LogP contribution in [0.3, 0.4) is 0 Å². The van der Waals surface area contributed by atoms with E-state index in [9.17, 15) is 0 Å². The zero-order chi connectivity index (χ0) is 11.2. The van der Waals surface area contributed by atoms with Gasteiger partial charge >= 0.3 is 0 Å². The number of aliphatic hydroxyl groups excluding tert-OH is 2. The lowest BCUT2D eigenvalue weighted by molar-refractivity contribution is 0.00528. The van der Waals surface area contributed by atoms with Crippen LogP contribution in [0.15, 0.2) is 13.2 Å². The van der Waals surface area contributed by atoms with E-state index in [1.807, 2.05) is 0 Å². The largest absolute Gasteiger partial charge is 0.394 e. The second kappa shape index (κ2) is 15.1. The van der Waals surface area contributed by atoms with Gasteiger partial charge < -0.3 is 14.9 Å². The molecule has 1 unspecified atom stereocenters. The van der Waals surface area contributed by atoms with Gasteiger partial charge in [-0.15, -0.1) is 13.2 Å². The van der Waals surface area contributed by atoms with E-state index in [0.29, 0.717) is 6.61 Å². The third-order valence-electron chi connectivity index (χ3n) is 1.66.